The van der Waals surface area contributed by atoms with Crippen molar-refractivity contribution >= 4 is 5.57 Å². The van der Waals surface area contributed by atoms with Crippen molar-refractivity contribution < 1.29 is 13.9 Å². The van der Waals surface area contributed by atoms with E-state index in [4.69, 9.17) is 9.47 Å². The lowest BCUT2D eigenvalue weighted by molar-refractivity contribution is -0.238. The summed E-state index contributed by atoms with van der Waals surface area (Å²) in [5.74, 6) is 0.862. The van der Waals surface area contributed by atoms with Crippen LogP contribution in [0.4, 0.5) is 4.39 Å². The molecule has 1 heterocycles. The fourth-order valence-electron chi connectivity index (χ4n) is 4.00. The van der Waals surface area contributed by atoms with Crippen molar-refractivity contribution in [3.05, 3.63) is 41.5 Å². The molecule has 1 aliphatic heterocycles. The minimum atomic E-state index is -1.33. The average Bonchev–Trinajstić information content (AvgIpc) is 2.64. The highest BCUT2D eigenvalue weighted by Crippen LogP contribution is 2.35. The zero-order chi connectivity index (χ0) is 17.7. The zero-order valence-corrected chi connectivity index (χ0v) is 15.6. The second-order valence-corrected chi connectivity index (χ2v) is 7.64. The van der Waals surface area contributed by atoms with Crippen molar-refractivity contribution in [1.29, 1.82) is 0 Å². The van der Waals surface area contributed by atoms with Crippen LogP contribution in [0.2, 0.25) is 0 Å². The predicted octanol–water partition coefficient (Wildman–Crippen LogP) is 6.22. The summed E-state index contributed by atoms with van der Waals surface area (Å²) in [6, 6.07) is 8.42. The molecule has 3 rings (SSSR count). The first-order valence-electron chi connectivity index (χ1n) is 9.85. The summed E-state index contributed by atoms with van der Waals surface area (Å²) in [4.78, 5) is 0. The largest absolute Gasteiger partial charge is 0.345 e. The molecule has 1 unspecified atom stereocenters. The van der Waals surface area contributed by atoms with Gasteiger partial charge in [-0.2, -0.15) is 0 Å². The van der Waals surface area contributed by atoms with E-state index >= 15 is 0 Å². The molecule has 2 aliphatic rings. The van der Waals surface area contributed by atoms with E-state index in [-0.39, 0.29) is 13.2 Å². The number of allylic oxidation sites excluding steroid dienone is 2. The van der Waals surface area contributed by atoms with Crippen molar-refractivity contribution in [2.45, 2.75) is 70.8 Å². The minimum Gasteiger partial charge on any atom is -0.345 e. The summed E-state index contributed by atoms with van der Waals surface area (Å²) in [6.07, 6.45) is 9.56. The van der Waals surface area contributed by atoms with Crippen LogP contribution in [-0.2, 0) is 9.47 Å². The second kappa shape index (κ2) is 8.46. The molecule has 0 saturated carbocycles. The predicted molar refractivity (Wildman–Crippen MR) is 100 cm³/mol. The molecule has 0 spiro atoms. The number of hydrogen-bond acceptors (Lipinski definition) is 2. The van der Waals surface area contributed by atoms with Gasteiger partial charge in [-0.1, -0.05) is 63.5 Å². The summed E-state index contributed by atoms with van der Waals surface area (Å²) in [7, 11) is 0. The van der Waals surface area contributed by atoms with Gasteiger partial charge < -0.3 is 9.47 Å². The third-order valence-electron chi connectivity index (χ3n) is 5.45. The second-order valence-electron chi connectivity index (χ2n) is 7.64. The number of benzene rings is 1. The van der Waals surface area contributed by atoms with E-state index in [1.165, 1.54) is 43.2 Å². The van der Waals surface area contributed by atoms with Gasteiger partial charge in [-0.25, -0.2) is 4.39 Å². The molecule has 0 aromatic heterocycles. The topological polar surface area (TPSA) is 18.5 Å². The van der Waals surface area contributed by atoms with Crippen LogP contribution in [0.25, 0.3) is 5.57 Å². The Balaban J connectivity index is 1.58. The van der Waals surface area contributed by atoms with Crippen LogP contribution in [0.15, 0.2) is 30.3 Å². The van der Waals surface area contributed by atoms with Crippen molar-refractivity contribution in [2.75, 3.05) is 13.2 Å². The van der Waals surface area contributed by atoms with Crippen LogP contribution in [0.5, 0.6) is 0 Å². The molecule has 138 valence electrons. The van der Waals surface area contributed by atoms with Gasteiger partial charge in [0.2, 0.25) is 0 Å². The normalized spacial score (nSPS) is 30.1. The maximum Gasteiger partial charge on any atom is 0.184 e. The fourth-order valence-corrected chi connectivity index (χ4v) is 4.00. The SMILES string of the molecule is CCCC1CC=C(c2ccc(C3OCC(F)(CCC)CO3)cc2)CC1. The molecule has 0 bridgehead atoms. The van der Waals surface area contributed by atoms with Crippen LogP contribution < -0.4 is 0 Å². The van der Waals surface area contributed by atoms with Gasteiger partial charge in [0.1, 0.15) is 0 Å². The number of hydrogen-bond donors (Lipinski definition) is 0. The molecule has 0 N–H and O–H groups in total. The Morgan fingerprint density at radius 1 is 1.08 bits per heavy atom. The van der Waals surface area contributed by atoms with Gasteiger partial charge in [-0.3, -0.25) is 0 Å². The van der Waals surface area contributed by atoms with Gasteiger partial charge in [-0.05, 0) is 42.7 Å². The Morgan fingerprint density at radius 2 is 1.80 bits per heavy atom. The summed E-state index contributed by atoms with van der Waals surface area (Å²) in [5.41, 5.74) is 2.39. The highest BCUT2D eigenvalue weighted by molar-refractivity contribution is 5.66. The van der Waals surface area contributed by atoms with Gasteiger partial charge in [-0.15, -0.1) is 0 Å². The Morgan fingerprint density at radius 3 is 2.36 bits per heavy atom. The van der Waals surface area contributed by atoms with E-state index in [1.54, 1.807) is 0 Å². The van der Waals surface area contributed by atoms with Gasteiger partial charge in [0, 0.05) is 5.56 Å². The number of ether oxygens (including phenoxy) is 2. The molecule has 1 aliphatic carbocycles. The van der Waals surface area contributed by atoms with E-state index in [1.807, 2.05) is 6.92 Å². The van der Waals surface area contributed by atoms with Crippen LogP contribution >= 0.6 is 0 Å². The fraction of sp³-hybridized carbons (Fsp3) is 0.636. The van der Waals surface area contributed by atoms with Crippen LogP contribution in [0.3, 0.4) is 0 Å². The van der Waals surface area contributed by atoms with Crippen molar-refractivity contribution in [3.63, 3.8) is 0 Å². The standard InChI is InChI=1S/C22H31FO2/c1-3-5-17-6-8-18(9-7-17)19-10-12-20(13-11-19)21-24-15-22(23,14-4-2)16-25-21/h8,10-13,17,21H,3-7,9,14-16H2,1-2H3. The number of rotatable bonds is 6. The van der Waals surface area contributed by atoms with Crippen molar-refractivity contribution in [1.82, 2.24) is 0 Å². The van der Waals surface area contributed by atoms with Crippen molar-refractivity contribution in [3.8, 4) is 0 Å². The molecule has 1 aromatic carbocycles. The van der Waals surface area contributed by atoms with E-state index < -0.39 is 12.0 Å². The van der Waals surface area contributed by atoms with Gasteiger partial charge >= 0.3 is 0 Å². The quantitative estimate of drug-likeness (QED) is 0.608. The lowest BCUT2D eigenvalue weighted by Gasteiger charge is -2.34. The molecule has 1 saturated heterocycles. The first-order chi connectivity index (χ1) is 12.1. The van der Waals surface area contributed by atoms with E-state index in [0.717, 1.165) is 17.9 Å². The molecular weight excluding hydrogens is 315 g/mol. The molecular formula is C22H31FO2. The molecule has 1 atom stereocenters. The highest BCUT2D eigenvalue weighted by atomic mass is 19.1. The van der Waals surface area contributed by atoms with E-state index in [2.05, 4.69) is 37.3 Å². The smallest absolute Gasteiger partial charge is 0.184 e. The van der Waals surface area contributed by atoms with Gasteiger partial charge in [0.05, 0.1) is 13.2 Å². The molecule has 0 amide bonds. The summed E-state index contributed by atoms with van der Waals surface area (Å²) in [6.45, 7) is 4.49. The Bertz CT molecular complexity index is 570. The first-order valence-corrected chi connectivity index (χ1v) is 9.85. The van der Waals surface area contributed by atoms with Gasteiger partial charge in [0.25, 0.3) is 0 Å². The molecule has 2 nitrogen and oxygen atoms in total. The maximum absolute atomic E-state index is 14.4. The van der Waals surface area contributed by atoms with E-state index in [0.29, 0.717) is 6.42 Å². The lowest BCUT2D eigenvalue weighted by atomic mass is 9.84. The van der Waals surface area contributed by atoms with Crippen LogP contribution in [0.1, 0.15) is 76.2 Å². The summed E-state index contributed by atoms with van der Waals surface area (Å²) < 4.78 is 25.7. The Kier molecular flexibility index (Phi) is 6.29. The van der Waals surface area contributed by atoms with Crippen LogP contribution in [-0.4, -0.2) is 18.9 Å². The Labute approximate surface area is 151 Å². The van der Waals surface area contributed by atoms with Gasteiger partial charge in [0.15, 0.2) is 12.0 Å². The number of halogens is 1. The monoisotopic (exact) mass is 346 g/mol. The third-order valence-corrected chi connectivity index (χ3v) is 5.45. The van der Waals surface area contributed by atoms with Crippen molar-refractivity contribution in [2.24, 2.45) is 5.92 Å². The average molecular weight is 346 g/mol. The molecule has 1 aromatic rings. The third kappa shape index (κ3) is 4.71. The first kappa shape index (κ1) is 18.6. The molecule has 25 heavy (non-hydrogen) atoms. The highest BCUT2D eigenvalue weighted by Gasteiger charge is 2.36. The summed E-state index contributed by atoms with van der Waals surface area (Å²) in [5, 5.41) is 0. The van der Waals surface area contributed by atoms with E-state index in [9.17, 15) is 4.39 Å². The molecule has 0 radical (unpaired) electrons. The molecule has 3 heteroatoms. The minimum absolute atomic E-state index is 0.122. The maximum atomic E-state index is 14.4. The molecule has 1 fully saturated rings. The zero-order valence-electron chi connectivity index (χ0n) is 15.6. The number of alkyl halides is 1. The van der Waals surface area contributed by atoms with Crippen LogP contribution in [0, 0.1) is 5.92 Å². The Hall–Kier alpha value is -1.19. The summed E-state index contributed by atoms with van der Waals surface area (Å²) >= 11 is 0. The lowest BCUT2D eigenvalue weighted by Crippen LogP contribution is -2.41.